The zero-order chi connectivity index (χ0) is 23.5. The highest BCUT2D eigenvalue weighted by atomic mass is 19.1. The third-order valence-electron chi connectivity index (χ3n) is 6.33. The maximum Gasteiger partial charge on any atom is 0.260 e. The summed E-state index contributed by atoms with van der Waals surface area (Å²) in [6.45, 7) is 7.53. The minimum atomic E-state index is -0.241. The molecule has 3 aromatic rings. The molecule has 6 heteroatoms. The van der Waals surface area contributed by atoms with Crippen molar-refractivity contribution in [1.82, 2.24) is 9.80 Å². The SMILES string of the molecule is CC(=O)c1c(OCC(=O)N2CC(C)N(Cc3ccc(F)cc3)CC2C)ccc2ccccc12. The van der Waals surface area contributed by atoms with Crippen LogP contribution in [0.1, 0.15) is 36.7 Å². The van der Waals surface area contributed by atoms with Crippen LogP contribution in [0.4, 0.5) is 4.39 Å². The van der Waals surface area contributed by atoms with Crippen LogP contribution in [0.2, 0.25) is 0 Å². The van der Waals surface area contributed by atoms with Crippen LogP contribution in [-0.2, 0) is 11.3 Å². The number of benzene rings is 3. The van der Waals surface area contributed by atoms with Crippen LogP contribution in [-0.4, -0.2) is 53.3 Å². The molecule has 0 spiro atoms. The molecule has 0 aromatic heterocycles. The van der Waals surface area contributed by atoms with E-state index in [4.69, 9.17) is 4.74 Å². The number of amides is 1. The fraction of sp³-hybridized carbons (Fsp3) is 0.333. The molecule has 1 aliphatic rings. The molecule has 0 radical (unpaired) electrons. The second-order valence-corrected chi connectivity index (χ2v) is 8.80. The average Bonchev–Trinajstić information content (AvgIpc) is 2.80. The first-order chi connectivity index (χ1) is 15.8. The normalized spacial score (nSPS) is 19.0. The van der Waals surface area contributed by atoms with Crippen LogP contribution in [0.3, 0.4) is 0 Å². The summed E-state index contributed by atoms with van der Waals surface area (Å²) in [6, 6.07) is 18.0. The Morgan fingerprint density at radius 2 is 1.70 bits per heavy atom. The van der Waals surface area contributed by atoms with Gasteiger partial charge in [0.25, 0.3) is 5.91 Å². The molecular formula is C27H29FN2O3. The number of halogens is 1. The van der Waals surface area contributed by atoms with Crippen LogP contribution in [0.5, 0.6) is 5.75 Å². The highest BCUT2D eigenvalue weighted by Crippen LogP contribution is 2.29. The monoisotopic (exact) mass is 448 g/mol. The molecule has 0 bridgehead atoms. The molecule has 1 amide bonds. The summed E-state index contributed by atoms with van der Waals surface area (Å²) in [7, 11) is 0. The molecule has 33 heavy (non-hydrogen) atoms. The summed E-state index contributed by atoms with van der Waals surface area (Å²) in [5.41, 5.74) is 1.55. The van der Waals surface area contributed by atoms with Crippen molar-refractivity contribution in [2.75, 3.05) is 19.7 Å². The lowest BCUT2D eigenvalue weighted by molar-refractivity contribution is -0.139. The van der Waals surface area contributed by atoms with E-state index in [0.717, 1.165) is 22.9 Å². The lowest BCUT2D eigenvalue weighted by Crippen LogP contribution is -2.58. The number of piperazine rings is 1. The molecule has 0 N–H and O–H groups in total. The van der Waals surface area contributed by atoms with Gasteiger partial charge < -0.3 is 9.64 Å². The fourth-order valence-corrected chi connectivity index (χ4v) is 4.55. The van der Waals surface area contributed by atoms with Gasteiger partial charge in [0.2, 0.25) is 0 Å². The van der Waals surface area contributed by atoms with Crippen LogP contribution >= 0.6 is 0 Å². The second kappa shape index (κ2) is 9.71. The number of hydrogen-bond acceptors (Lipinski definition) is 4. The summed E-state index contributed by atoms with van der Waals surface area (Å²) < 4.78 is 19.1. The number of nitrogens with zero attached hydrogens (tertiary/aromatic N) is 2. The molecule has 1 aliphatic heterocycles. The standard InChI is InChI=1S/C27H29FN2O3/c1-18-15-30(19(2)14-29(18)16-21-8-11-23(28)12-9-21)26(32)17-33-25-13-10-22-6-4-5-7-24(22)27(25)20(3)31/h4-13,18-19H,14-17H2,1-3H3. The Morgan fingerprint density at radius 1 is 0.970 bits per heavy atom. The Morgan fingerprint density at radius 3 is 2.42 bits per heavy atom. The van der Waals surface area contributed by atoms with Crippen molar-refractivity contribution in [3.05, 3.63) is 77.6 Å². The van der Waals surface area contributed by atoms with Gasteiger partial charge >= 0.3 is 0 Å². The molecule has 172 valence electrons. The average molecular weight is 449 g/mol. The van der Waals surface area contributed by atoms with E-state index in [1.165, 1.54) is 19.1 Å². The largest absolute Gasteiger partial charge is 0.483 e. The maximum atomic E-state index is 13.2. The minimum absolute atomic E-state index is 0.0154. The van der Waals surface area contributed by atoms with E-state index in [2.05, 4.69) is 11.8 Å². The molecule has 2 atom stereocenters. The lowest BCUT2D eigenvalue weighted by Gasteiger charge is -2.44. The highest BCUT2D eigenvalue weighted by molar-refractivity contribution is 6.09. The molecule has 0 aliphatic carbocycles. The van der Waals surface area contributed by atoms with Crippen molar-refractivity contribution in [2.24, 2.45) is 0 Å². The molecule has 3 aromatic carbocycles. The van der Waals surface area contributed by atoms with Gasteiger partial charge in [-0.15, -0.1) is 0 Å². The van der Waals surface area contributed by atoms with Crippen LogP contribution in [0, 0.1) is 5.82 Å². The minimum Gasteiger partial charge on any atom is -0.483 e. The van der Waals surface area contributed by atoms with Gasteiger partial charge in [0.05, 0.1) is 5.56 Å². The molecule has 1 fully saturated rings. The van der Waals surface area contributed by atoms with E-state index < -0.39 is 0 Å². The molecular weight excluding hydrogens is 419 g/mol. The lowest BCUT2D eigenvalue weighted by atomic mass is 10.0. The van der Waals surface area contributed by atoms with Crippen LogP contribution in [0.15, 0.2) is 60.7 Å². The first kappa shape index (κ1) is 22.9. The van der Waals surface area contributed by atoms with Gasteiger partial charge in [-0.05, 0) is 55.3 Å². The van der Waals surface area contributed by atoms with E-state index in [-0.39, 0.29) is 36.2 Å². The molecule has 1 heterocycles. The summed E-state index contributed by atoms with van der Waals surface area (Å²) in [5.74, 6) is 0.00390. The number of carbonyl (C=O) groups is 2. The third-order valence-corrected chi connectivity index (χ3v) is 6.33. The Hall–Kier alpha value is -3.25. The molecule has 5 nitrogen and oxygen atoms in total. The van der Waals surface area contributed by atoms with E-state index in [1.54, 1.807) is 18.2 Å². The highest BCUT2D eigenvalue weighted by Gasteiger charge is 2.32. The van der Waals surface area contributed by atoms with Crippen molar-refractivity contribution >= 4 is 22.5 Å². The first-order valence-electron chi connectivity index (χ1n) is 11.3. The Balaban J connectivity index is 1.42. The fourth-order valence-electron chi connectivity index (χ4n) is 4.55. The smallest absolute Gasteiger partial charge is 0.260 e. The van der Waals surface area contributed by atoms with E-state index in [9.17, 15) is 14.0 Å². The summed E-state index contributed by atoms with van der Waals surface area (Å²) in [5, 5.41) is 1.78. The number of carbonyl (C=O) groups excluding carboxylic acids is 2. The Kier molecular flexibility index (Phi) is 6.75. The van der Waals surface area contributed by atoms with Crippen molar-refractivity contribution in [2.45, 2.75) is 39.4 Å². The van der Waals surface area contributed by atoms with Crippen molar-refractivity contribution in [3.63, 3.8) is 0 Å². The van der Waals surface area contributed by atoms with Gasteiger partial charge in [-0.2, -0.15) is 0 Å². The van der Waals surface area contributed by atoms with Gasteiger partial charge in [0.1, 0.15) is 11.6 Å². The molecule has 2 unspecified atom stereocenters. The topological polar surface area (TPSA) is 49.9 Å². The van der Waals surface area contributed by atoms with E-state index in [0.29, 0.717) is 24.4 Å². The quantitative estimate of drug-likeness (QED) is 0.514. The number of ketones is 1. The van der Waals surface area contributed by atoms with Crippen molar-refractivity contribution in [3.8, 4) is 5.75 Å². The number of hydrogen-bond donors (Lipinski definition) is 0. The summed E-state index contributed by atoms with van der Waals surface area (Å²) in [4.78, 5) is 29.5. The number of fused-ring (bicyclic) bond motifs is 1. The maximum absolute atomic E-state index is 13.2. The Labute approximate surface area is 193 Å². The van der Waals surface area contributed by atoms with E-state index >= 15 is 0 Å². The van der Waals surface area contributed by atoms with Crippen LogP contribution < -0.4 is 4.74 Å². The predicted molar refractivity (Wildman–Crippen MR) is 127 cm³/mol. The first-order valence-corrected chi connectivity index (χ1v) is 11.3. The number of Topliss-reactive ketones (excluding diaryl/α,β-unsaturated/α-hetero) is 1. The third kappa shape index (κ3) is 5.06. The van der Waals surface area contributed by atoms with Gasteiger partial charge in [0, 0.05) is 31.7 Å². The second-order valence-electron chi connectivity index (χ2n) is 8.80. The zero-order valence-electron chi connectivity index (χ0n) is 19.3. The van der Waals surface area contributed by atoms with Crippen LogP contribution in [0.25, 0.3) is 10.8 Å². The predicted octanol–water partition coefficient (Wildman–Crippen LogP) is 4.68. The van der Waals surface area contributed by atoms with Gasteiger partial charge in [0.15, 0.2) is 12.4 Å². The summed E-state index contributed by atoms with van der Waals surface area (Å²) in [6.07, 6.45) is 0. The van der Waals surface area contributed by atoms with Gasteiger partial charge in [-0.3, -0.25) is 14.5 Å². The van der Waals surface area contributed by atoms with Gasteiger partial charge in [-0.25, -0.2) is 4.39 Å². The zero-order valence-corrected chi connectivity index (χ0v) is 19.3. The van der Waals surface area contributed by atoms with Crippen molar-refractivity contribution in [1.29, 1.82) is 0 Å². The van der Waals surface area contributed by atoms with E-state index in [1.807, 2.05) is 42.2 Å². The Bertz CT molecular complexity index is 1160. The number of rotatable bonds is 6. The molecule has 4 rings (SSSR count). The number of ether oxygens (including phenoxy) is 1. The van der Waals surface area contributed by atoms with Crippen molar-refractivity contribution < 1.29 is 18.7 Å². The molecule has 1 saturated heterocycles. The van der Waals surface area contributed by atoms with Gasteiger partial charge in [-0.1, -0.05) is 42.5 Å². The summed E-state index contributed by atoms with van der Waals surface area (Å²) >= 11 is 0. The molecule has 0 saturated carbocycles.